The average molecular weight is 401 g/mol. The molecule has 1 aromatic heterocycles. The molecule has 1 saturated heterocycles. The molecule has 1 fully saturated rings. The minimum absolute atomic E-state index is 0.0113. The topological polar surface area (TPSA) is 93.9 Å². The molecule has 1 aliphatic heterocycles. The van der Waals surface area contributed by atoms with Crippen molar-refractivity contribution < 1.29 is 23.6 Å². The van der Waals surface area contributed by atoms with Crippen LogP contribution in [0.2, 0.25) is 0 Å². The summed E-state index contributed by atoms with van der Waals surface area (Å²) in [4.78, 5) is 26.5. The van der Waals surface area contributed by atoms with Crippen molar-refractivity contribution in [3.05, 3.63) is 41.8 Å². The van der Waals surface area contributed by atoms with Gasteiger partial charge in [-0.2, -0.15) is 0 Å². The quantitative estimate of drug-likeness (QED) is 0.731. The number of rotatable bonds is 8. The van der Waals surface area contributed by atoms with Gasteiger partial charge in [-0.05, 0) is 37.3 Å². The van der Waals surface area contributed by atoms with Gasteiger partial charge in [-0.25, -0.2) is 0 Å². The molecule has 0 aliphatic carbocycles. The molecule has 0 saturated carbocycles. The van der Waals surface area contributed by atoms with Crippen LogP contribution in [-0.4, -0.2) is 49.2 Å². The number of hydrogen-bond acceptors (Lipinski definition) is 6. The fourth-order valence-electron chi connectivity index (χ4n) is 3.59. The molecule has 0 spiro atoms. The predicted octanol–water partition coefficient (Wildman–Crippen LogP) is 2.64. The summed E-state index contributed by atoms with van der Waals surface area (Å²) in [6, 6.07) is 7.09. The molecule has 156 valence electrons. The van der Waals surface area contributed by atoms with Gasteiger partial charge in [0, 0.05) is 43.8 Å². The van der Waals surface area contributed by atoms with E-state index in [1.165, 1.54) is 6.26 Å². The standard InChI is InChI=1S/C21H27N3O5/c1-27-17-7-6-16(19(12-17)28-2)13-22-20(25)8-5-15-4-3-10-24(14-15)21(26)18-9-11-29-23-18/h6-7,9,11-12,15H,3-5,8,10,13-14H2,1-2H3,(H,22,25)/t15-/m0/s1. The van der Waals surface area contributed by atoms with Crippen molar-refractivity contribution in [2.24, 2.45) is 5.92 Å². The molecule has 8 heteroatoms. The second-order valence-electron chi connectivity index (χ2n) is 7.14. The van der Waals surface area contributed by atoms with E-state index in [4.69, 9.17) is 14.0 Å². The number of benzene rings is 1. The number of carbonyl (C=O) groups is 2. The number of amides is 2. The van der Waals surface area contributed by atoms with Crippen LogP contribution in [0.15, 0.2) is 35.1 Å². The zero-order chi connectivity index (χ0) is 20.6. The maximum Gasteiger partial charge on any atom is 0.276 e. The van der Waals surface area contributed by atoms with Crippen LogP contribution in [0, 0.1) is 5.92 Å². The molecule has 0 unspecified atom stereocenters. The van der Waals surface area contributed by atoms with E-state index in [9.17, 15) is 9.59 Å². The van der Waals surface area contributed by atoms with E-state index < -0.39 is 0 Å². The maximum absolute atomic E-state index is 12.4. The summed E-state index contributed by atoms with van der Waals surface area (Å²) < 4.78 is 15.3. The Balaban J connectivity index is 1.45. The van der Waals surface area contributed by atoms with E-state index in [0.717, 1.165) is 24.8 Å². The van der Waals surface area contributed by atoms with Crippen LogP contribution < -0.4 is 14.8 Å². The van der Waals surface area contributed by atoms with Crippen LogP contribution in [0.25, 0.3) is 0 Å². The van der Waals surface area contributed by atoms with Crippen molar-refractivity contribution >= 4 is 11.8 Å². The lowest BCUT2D eigenvalue weighted by Gasteiger charge is -2.32. The molecule has 29 heavy (non-hydrogen) atoms. The average Bonchev–Trinajstić information content (AvgIpc) is 3.30. The molecule has 1 aliphatic rings. The Labute approximate surface area is 170 Å². The Kier molecular flexibility index (Phi) is 7.10. The predicted molar refractivity (Wildman–Crippen MR) is 106 cm³/mol. The van der Waals surface area contributed by atoms with Gasteiger partial charge >= 0.3 is 0 Å². The van der Waals surface area contributed by atoms with Gasteiger partial charge in [0.15, 0.2) is 5.69 Å². The molecule has 1 N–H and O–H groups in total. The molecule has 0 bridgehead atoms. The Morgan fingerprint density at radius 1 is 1.28 bits per heavy atom. The summed E-state index contributed by atoms with van der Waals surface area (Å²) in [7, 11) is 3.19. The van der Waals surface area contributed by atoms with Crippen LogP contribution in [0.1, 0.15) is 41.7 Å². The van der Waals surface area contributed by atoms with Crippen molar-refractivity contribution in [1.29, 1.82) is 0 Å². The molecule has 2 heterocycles. The molecule has 2 amide bonds. The lowest BCUT2D eigenvalue weighted by Crippen LogP contribution is -2.40. The number of carbonyl (C=O) groups excluding carboxylic acids is 2. The molecule has 0 radical (unpaired) electrons. The van der Waals surface area contributed by atoms with Crippen LogP contribution >= 0.6 is 0 Å². The third-order valence-electron chi connectivity index (χ3n) is 5.21. The summed E-state index contributed by atoms with van der Waals surface area (Å²) in [5.41, 5.74) is 1.22. The van der Waals surface area contributed by atoms with Gasteiger partial charge in [0.1, 0.15) is 17.8 Å². The minimum Gasteiger partial charge on any atom is -0.497 e. The van der Waals surface area contributed by atoms with Gasteiger partial charge in [0.25, 0.3) is 5.91 Å². The van der Waals surface area contributed by atoms with Crippen LogP contribution in [0.4, 0.5) is 0 Å². The van der Waals surface area contributed by atoms with E-state index in [2.05, 4.69) is 10.5 Å². The molecular formula is C21H27N3O5. The first kappa shape index (κ1) is 20.7. The largest absolute Gasteiger partial charge is 0.497 e. The van der Waals surface area contributed by atoms with E-state index in [1.807, 2.05) is 12.1 Å². The smallest absolute Gasteiger partial charge is 0.276 e. The summed E-state index contributed by atoms with van der Waals surface area (Å²) in [6.45, 7) is 1.75. The summed E-state index contributed by atoms with van der Waals surface area (Å²) in [6.07, 6.45) is 4.52. The van der Waals surface area contributed by atoms with Crippen LogP contribution in [0.3, 0.4) is 0 Å². The number of methoxy groups -OCH3 is 2. The number of piperidine rings is 1. The minimum atomic E-state index is -0.112. The number of hydrogen-bond donors (Lipinski definition) is 1. The zero-order valence-electron chi connectivity index (χ0n) is 16.8. The normalized spacial score (nSPS) is 16.3. The molecule has 1 atom stereocenters. The zero-order valence-corrected chi connectivity index (χ0v) is 16.8. The number of aromatic nitrogens is 1. The highest BCUT2D eigenvalue weighted by molar-refractivity contribution is 5.92. The third kappa shape index (κ3) is 5.49. The molecular weight excluding hydrogens is 374 g/mol. The van der Waals surface area contributed by atoms with Gasteiger partial charge in [-0.3, -0.25) is 9.59 Å². The van der Waals surface area contributed by atoms with Crippen LogP contribution in [0.5, 0.6) is 11.5 Å². The molecule has 1 aromatic carbocycles. The molecule has 3 rings (SSSR count). The van der Waals surface area contributed by atoms with Crippen molar-refractivity contribution in [2.75, 3.05) is 27.3 Å². The number of ether oxygens (including phenoxy) is 2. The van der Waals surface area contributed by atoms with Gasteiger partial charge in [-0.15, -0.1) is 0 Å². The SMILES string of the molecule is COc1ccc(CNC(=O)CC[C@@H]2CCCN(C(=O)c3ccon3)C2)c(OC)c1. The Morgan fingerprint density at radius 2 is 2.14 bits per heavy atom. The monoisotopic (exact) mass is 401 g/mol. The fraction of sp³-hybridized carbons (Fsp3) is 0.476. The lowest BCUT2D eigenvalue weighted by molar-refractivity contribution is -0.121. The van der Waals surface area contributed by atoms with Crippen molar-refractivity contribution in [1.82, 2.24) is 15.4 Å². The molecule has 2 aromatic rings. The first-order chi connectivity index (χ1) is 14.1. The maximum atomic E-state index is 12.4. The summed E-state index contributed by atoms with van der Waals surface area (Å²) in [5.74, 6) is 1.57. The van der Waals surface area contributed by atoms with Gasteiger partial charge < -0.3 is 24.2 Å². The summed E-state index contributed by atoms with van der Waals surface area (Å²) >= 11 is 0. The third-order valence-corrected chi connectivity index (χ3v) is 5.21. The van der Waals surface area contributed by atoms with Gasteiger partial charge in [0.2, 0.25) is 5.91 Å². The number of nitrogens with zero attached hydrogens (tertiary/aromatic N) is 2. The van der Waals surface area contributed by atoms with Crippen LogP contribution in [-0.2, 0) is 11.3 Å². The van der Waals surface area contributed by atoms with Gasteiger partial charge in [0.05, 0.1) is 14.2 Å². The lowest BCUT2D eigenvalue weighted by atomic mass is 9.93. The first-order valence-corrected chi connectivity index (χ1v) is 9.78. The second-order valence-corrected chi connectivity index (χ2v) is 7.14. The highest BCUT2D eigenvalue weighted by Crippen LogP contribution is 2.25. The Morgan fingerprint density at radius 3 is 2.86 bits per heavy atom. The Bertz CT molecular complexity index is 822. The van der Waals surface area contributed by atoms with Crippen molar-refractivity contribution in [3.8, 4) is 11.5 Å². The molecule has 8 nitrogen and oxygen atoms in total. The Hall–Kier alpha value is -3.03. The van der Waals surface area contributed by atoms with E-state index in [-0.39, 0.29) is 11.8 Å². The highest BCUT2D eigenvalue weighted by atomic mass is 16.5. The number of nitrogens with one attached hydrogen (secondary N) is 1. The van der Waals surface area contributed by atoms with Crippen molar-refractivity contribution in [3.63, 3.8) is 0 Å². The fourth-order valence-corrected chi connectivity index (χ4v) is 3.59. The van der Waals surface area contributed by atoms with Crippen molar-refractivity contribution in [2.45, 2.75) is 32.2 Å². The first-order valence-electron chi connectivity index (χ1n) is 9.78. The highest BCUT2D eigenvalue weighted by Gasteiger charge is 2.26. The number of likely N-dealkylation sites (tertiary alicyclic amines) is 1. The second kappa shape index (κ2) is 9.95. The van der Waals surface area contributed by atoms with E-state index in [1.54, 1.807) is 31.3 Å². The van der Waals surface area contributed by atoms with E-state index in [0.29, 0.717) is 49.2 Å². The van der Waals surface area contributed by atoms with Gasteiger partial charge in [-0.1, -0.05) is 5.16 Å². The van der Waals surface area contributed by atoms with E-state index >= 15 is 0 Å². The summed E-state index contributed by atoms with van der Waals surface area (Å²) in [5, 5.41) is 6.66.